The van der Waals surface area contributed by atoms with Crippen LogP contribution in [0, 0.1) is 0 Å². The average molecular weight is 332 g/mol. The molecule has 0 bridgehead atoms. The number of hydrogen-bond donors (Lipinski definition) is 1. The van der Waals surface area contributed by atoms with E-state index < -0.39 is 24.0 Å². The number of carbonyl (C=O) groups is 1. The van der Waals surface area contributed by atoms with Crippen LogP contribution in [0.2, 0.25) is 0 Å². The second-order valence-corrected chi connectivity index (χ2v) is 5.61. The lowest BCUT2D eigenvalue weighted by Gasteiger charge is -2.18. The molecule has 2 aromatic rings. The summed E-state index contributed by atoms with van der Waals surface area (Å²) in [5.74, 6) is -0.298. The minimum absolute atomic E-state index is 0.251. The second kappa shape index (κ2) is 6.47. The molecule has 0 aliphatic heterocycles. The fourth-order valence-corrected chi connectivity index (χ4v) is 2.80. The van der Waals surface area contributed by atoms with Crippen LogP contribution >= 0.6 is 11.3 Å². The minimum Gasteiger partial charge on any atom is -0.345 e. The van der Waals surface area contributed by atoms with E-state index in [9.17, 15) is 18.0 Å². The highest BCUT2D eigenvalue weighted by Gasteiger charge is 2.34. The highest BCUT2D eigenvalue weighted by molar-refractivity contribution is 7.09. The fourth-order valence-electron chi connectivity index (χ4n) is 1.84. The molecule has 120 valence electrons. The summed E-state index contributed by atoms with van der Waals surface area (Å²) < 4.78 is 39.4. The number of imidazole rings is 1. The number of amides is 1. The summed E-state index contributed by atoms with van der Waals surface area (Å²) in [7, 11) is 0. The summed E-state index contributed by atoms with van der Waals surface area (Å²) in [5.41, 5.74) is -0.928. The Labute approximate surface area is 129 Å². The van der Waals surface area contributed by atoms with Crippen molar-refractivity contribution in [3.05, 3.63) is 34.8 Å². The van der Waals surface area contributed by atoms with E-state index in [2.05, 4.69) is 15.3 Å². The predicted molar refractivity (Wildman–Crippen MR) is 75.2 cm³/mol. The maximum atomic E-state index is 12.6. The summed E-state index contributed by atoms with van der Waals surface area (Å²) >= 11 is 0.895. The van der Waals surface area contributed by atoms with Gasteiger partial charge in [0, 0.05) is 17.8 Å². The molecule has 2 heterocycles. The predicted octanol–water partition coefficient (Wildman–Crippen LogP) is 3.19. The molecule has 0 aliphatic carbocycles. The van der Waals surface area contributed by atoms with Gasteiger partial charge in [0.2, 0.25) is 5.91 Å². The van der Waals surface area contributed by atoms with Crippen molar-refractivity contribution in [3.8, 4) is 0 Å². The fraction of sp³-hybridized carbons (Fsp3) is 0.462. The first-order valence-electron chi connectivity index (χ1n) is 6.63. The van der Waals surface area contributed by atoms with Crippen LogP contribution in [0.15, 0.2) is 24.1 Å². The van der Waals surface area contributed by atoms with Crippen molar-refractivity contribution in [2.24, 2.45) is 0 Å². The molecule has 2 atom stereocenters. The van der Waals surface area contributed by atoms with Crippen molar-refractivity contribution in [2.75, 3.05) is 0 Å². The molecule has 9 heteroatoms. The zero-order valence-corrected chi connectivity index (χ0v) is 12.8. The number of nitrogens with one attached hydrogen (secondary N) is 1. The van der Waals surface area contributed by atoms with E-state index >= 15 is 0 Å². The number of alkyl halides is 3. The normalized spacial score (nSPS) is 14.6. The van der Waals surface area contributed by atoms with Gasteiger partial charge in [0.1, 0.15) is 11.0 Å². The molecular weight excluding hydrogens is 317 g/mol. The molecule has 1 amide bonds. The van der Waals surface area contributed by atoms with Gasteiger partial charge >= 0.3 is 6.18 Å². The number of nitrogens with zero attached hydrogens (tertiary/aromatic N) is 3. The Balaban J connectivity index is 2.09. The van der Waals surface area contributed by atoms with Crippen molar-refractivity contribution in [2.45, 2.75) is 38.5 Å². The second-order valence-electron chi connectivity index (χ2n) is 4.72. The van der Waals surface area contributed by atoms with Gasteiger partial charge in [-0.3, -0.25) is 4.79 Å². The molecule has 0 unspecified atom stereocenters. The van der Waals surface area contributed by atoms with Crippen LogP contribution in [-0.2, 0) is 11.0 Å². The molecule has 2 rings (SSSR count). The molecule has 1 N–H and O–H groups in total. The third kappa shape index (κ3) is 3.65. The van der Waals surface area contributed by atoms with Crippen LogP contribution in [-0.4, -0.2) is 20.4 Å². The van der Waals surface area contributed by atoms with E-state index in [-0.39, 0.29) is 10.9 Å². The Morgan fingerprint density at radius 3 is 2.73 bits per heavy atom. The van der Waals surface area contributed by atoms with Crippen LogP contribution in [0.3, 0.4) is 0 Å². The van der Waals surface area contributed by atoms with E-state index in [0.717, 1.165) is 16.7 Å². The Kier molecular flexibility index (Phi) is 4.84. The summed E-state index contributed by atoms with van der Waals surface area (Å²) in [6, 6.07) is -1.04. The van der Waals surface area contributed by atoms with Gasteiger partial charge in [0.25, 0.3) is 0 Å². The Hall–Kier alpha value is -1.90. The summed E-state index contributed by atoms with van der Waals surface area (Å²) in [4.78, 5) is 19.6. The smallest absolute Gasteiger partial charge is 0.345 e. The Morgan fingerprint density at radius 2 is 2.23 bits per heavy atom. The van der Waals surface area contributed by atoms with Crippen LogP contribution in [0.1, 0.15) is 43.1 Å². The molecule has 22 heavy (non-hydrogen) atoms. The minimum atomic E-state index is -4.47. The maximum absolute atomic E-state index is 12.6. The van der Waals surface area contributed by atoms with Crippen LogP contribution in [0.4, 0.5) is 13.2 Å². The molecule has 0 radical (unpaired) electrons. The standard InChI is InChI=1S/C13H15F3N4OS/c1-3-9(12-19-10(6-22-12)13(14,15)16)18-11(21)8(2)20-5-4-17-7-20/h4-9H,3H2,1-2H3,(H,18,21)/t8-,9-/m0/s1. The van der Waals surface area contributed by atoms with Crippen molar-refractivity contribution in [1.82, 2.24) is 19.9 Å². The molecule has 5 nitrogen and oxygen atoms in total. The summed E-state index contributed by atoms with van der Waals surface area (Å²) in [5, 5.41) is 3.94. The Morgan fingerprint density at radius 1 is 1.50 bits per heavy atom. The van der Waals surface area contributed by atoms with E-state index in [1.54, 1.807) is 30.8 Å². The van der Waals surface area contributed by atoms with E-state index in [1.165, 1.54) is 6.33 Å². The number of thiazole rings is 1. The summed E-state index contributed by atoms with van der Waals surface area (Å²) in [6.45, 7) is 3.47. The number of carbonyl (C=O) groups excluding carboxylic acids is 1. The quantitative estimate of drug-likeness (QED) is 0.915. The monoisotopic (exact) mass is 332 g/mol. The SMILES string of the molecule is CC[C@H](NC(=O)[C@H](C)n1ccnc1)c1nc(C(F)(F)F)cs1. The van der Waals surface area contributed by atoms with E-state index in [0.29, 0.717) is 6.42 Å². The molecule has 0 spiro atoms. The number of halogens is 3. The topological polar surface area (TPSA) is 59.8 Å². The lowest BCUT2D eigenvalue weighted by molar-refractivity contribution is -0.140. The molecule has 0 fully saturated rings. The molecule has 0 saturated carbocycles. The van der Waals surface area contributed by atoms with Gasteiger partial charge in [-0.05, 0) is 13.3 Å². The van der Waals surface area contributed by atoms with Gasteiger partial charge < -0.3 is 9.88 Å². The van der Waals surface area contributed by atoms with Gasteiger partial charge in [0.15, 0.2) is 5.69 Å². The maximum Gasteiger partial charge on any atom is 0.434 e. The van der Waals surface area contributed by atoms with Gasteiger partial charge in [-0.2, -0.15) is 13.2 Å². The molecular formula is C13H15F3N4OS. The zero-order valence-electron chi connectivity index (χ0n) is 12.0. The van der Waals surface area contributed by atoms with E-state index in [4.69, 9.17) is 0 Å². The number of aromatic nitrogens is 3. The lowest BCUT2D eigenvalue weighted by Crippen LogP contribution is -2.33. The molecule has 2 aromatic heterocycles. The van der Waals surface area contributed by atoms with Crippen LogP contribution in [0.25, 0.3) is 0 Å². The third-order valence-electron chi connectivity index (χ3n) is 3.19. The largest absolute Gasteiger partial charge is 0.434 e. The van der Waals surface area contributed by atoms with Crippen molar-refractivity contribution in [1.29, 1.82) is 0 Å². The highest BCUT2D eigenvalue weighted by atomic mass is 32.1. The molecule has 0 aliphatic rings. The van der Waals surface area contributed by atoms with Gasteiger partial charge in [-0.25, -0.2) is 9.97 Å². The first-order chi connectivity index (χ1) is 10.3. The summed E-state index contributed by atoms with van der Waals surface area (Å²) in [6.07, 6.45) is 0.693. The van der Waals surface area contributed by atoms with Crippen LogP contribution in [0.5, 0.6) is 0 Å². The van der Waals surface area contributed by atoms with Gasteiger partial charge in [0.05, 0.1) is 12.4 Å². The van der Waals surface area contributed by atoms with E-state index in [1.807, 2.05) is 0 Å². The molecule has 0 aromatic carbocycles. The van der Waals surface area contributed by atoms with Gasteiger partial charge in [-0.1, -0.05) is 6.92 Å². The average Bonchev–Trinajstić information content (AvgIpc) is 3.13. The number of rotatable bonds is 5. The Bertz CT molecular complexity index is 624. The number of hydrogen-bond acceptors (Lipinski definition) is 4. The first-order valence-corrected chi connectivity index (χ1v) is 7.51. The lowest BCUT2D eigenvalue weighted by atomic mass is 10.2. The van der Waals surface area contributed by atoms with Crippen molar-refractivity contribution >= 4 is 17.2 Å². The van der Waals surface area contributed by atoms with Crippen molar-refractivity contribution in [3.63, 3.8) is 0 Å². The third-order valence-corrected chi connectivity index (χ3v) is 4.15. The van der Waals surface area contributed by atoms with Crippen LogP contribution < -0.4 is 5.32 Å². The molecule has 0 saturated heterocycles. The zero-order chi connectivity index (χ0) is 16.3. The van der Waals surface area contributed by atoms with Gasteiger partial charge in [-0.15, -0.1) is 11.3 Å². The first kappa shape index (κ1) is 16.5. The van der Waals surface area contributed by atoms with Crippen molar-refractivity contribution < 1.29 is 18.0 Å². The highest BCUT2D eigenvalue weighted by Crippen LogP contribution is 2.32.